The van der Waals surface area contributed by atoms with Crippen LogP contribution in [-0.2, 0) is 28.8 Å². The summed E-state index contributed by atoms with van der Waals surface area (Å²) in [5, 5.41) is 0. The van der Waals surface area contributed by atoms with Gasteiger partial charge in [0.1, 0.15) is 5.52 Å². The lowest BCUT2D eigenvalue weighted by Crippen LogP contribution is -2.62. The first-order chi connectivity index (χ1) is 22.6. The smallest absolute Gasteiger partial charge is 0.449 e. The minimum atomic E-state index is -4.75. The highest BCUT2D eigenvalue weighted by atomic mass is 31.2. The molecule has 0 radical (unpaired) electrons. The number of phosphoric acid groups is 1. The number of amides is 2. The largest absolute Gasteiger partial charge is 0.472 e. The zero-order chi connectivity index (χ0) is 36.2. The Balaban J connectivity index is 1.25. The van der Waals surface area contributed by atoms with E-state index in [9.17, 15) is 18.9 Å². The molecule has 0 spiro atoms. The first kappa shape index (κ1) is 37.5. The molecule has 1 aliphatic heterocycles. The van der Waals surface area contributed by atoms with Gasteiger partial charge in [0.05, 0.1) is 11.0 Å². The predicted octanol–water partition coefficient (Wildman–Crippen LogP) is 6.68. The SMILES string of the molecule is CC1(C)CCC(c2cc(C(C)(C)C)c3oc(C(=O)N4CCN(C(=O)C5CCC(C)(C(=O)OCOP(=O)(O)O)CC5)CC4(C)C)cc3n2)CC1. The van der Waals surface area contributed by atoms with Crippen LogP contribution in [0.15, 0.2) is 16.5 Å². The summed E-state index contributed by atoms with van der Waals surface area (Å²) in [4.78, 5) is 66.7. The minimum absolute atomic E-state index is 0.00168. The number of furan rings is 1. The molecule has 3 aliphatic rings. The number of nitrogens with zero attached hydrogens (tertiary/aromatic N) is 3. The zero-order valence-corrected chi connectivity index (χ0v) is 31.2. The molecule has 12 nitrogen and oxygen atoms in total. The van der Waals surface area contributed by atoms with Gasteiger partial charge < -0.3 is 28.7 Å². The molecule has 2 aromatic heterocycles. The summed E-state index contributed by atoms with van der Waals surface area (Å²) >= 11 is 0. The van der Waals surface area contributed by atoms with Crippen molar-refractivity contribution in [3.8, 4) is 0 Å². The number of rotatable bonds is 7. The van der Waals surface area contributed by atoms with Crippen LogP contribution in [0.3, 0.4) is 0 Å². The number of piperazine rings is 1. The normalized spacial score (nSPS) is 25.0. The first-order valence-corrected chi connectivity index (χ1v) is 19.0. The summed E-state index contributed by atoms with van der Waals surface area (Å²) in [6, 6.07) is 3.98. The van der Waals surface area contributed by atoms with Crippen molar-refractivity contribution >= 4 is 36.7 Å². The number of carbonyl (C=O) groups is 3. The minimum Gasteiger partial charge on any atom is -0.449 e. The molecule has 272 valence electrons. The molecule has 2 aliphatic carbocycles. The Labute approximate surface area is 289 Å². The second kappa shape index (κ2) is 13.4. The lowest BCUT2D eigenvalue weighted by atomic mass is 9.71. The Morgan fingerprint density at radius 2 is 1.61 bits per heavy atom. The van der Waals surface area contributed by atoms with Crippen LogP contribution in [0, 0.1) is 16.7 Å². The van der Waals surface area contributed by atoms with Crippen LogP contribution in [0.25, 0.3) is 11.1 Å². The number of phosphoric ester groups is 1. The van der Waals surface area contributed by atoms with Gasteiger partial charge in [-0.15, -0.1) is 0 Å². The van der Waals surface area contributed by atoms with Crippen LogP contribution in [0.1, 0.15) is 134 Å². The van der Waals surface area contributed by atoms with Crippen LogP contribution in [0.2, 0.25) is 0 Å². The van der Waals surface area contributed by atoms with Gasteiger partial charge in [0.2, 0.25) is 12.7 Å². The quantitative estimate of drug-likeness (QED) is 0.181. The number of fused-ring (bicyclic) bond motifs is 1. The summed E-state index contributed by atoms with van der Waals surface area (Å²) in [5.74, 6) is -0.449. The van der Waals surface area contributed by atoms with Gasteiger partial charge in [0, 0.05) is 48.8 Å². The Morgan fingerprint density at radius 1 is 0.980 bits per heavy atom. The van der Waals surface area contributed by atoms with Crippen molar-refractivity contribution in [2.45, 2.75) is 124 Å². The third-order valence-corrected chi connectivity index (χ3v) is 11.5. The Hall–Kier alpha value is -2.79. The molecular weight excluding hydrogens is 649 g/mol. The highest BCUT2D eigenvalue weighted by Gasteiger charge is 2.45. The maximum atomic E-state index is 14.1. The van der Waals surface area contributed by atoms with Crippen LogP contribution in [0.4, 0.5) is 0 Å². The Bertz CT molecular complexity index is 1620. The second-order valence-corrected chi connectivity index (χ2v) is 18.4. The maximum Gasteiger partial charge on any atom is 0.472 e. The molecule has 0 bridgehead atoms. The molecule has 2 saturated carbocycles. The number of carbonyl (C=O) groups excluding carboxylic acids is 3. The molecule has 13 heteroatoms. The van der Waals surface area contributed by atoms with E-state index in [4.69, 9.17) is 23.9 Å². The van der Waals surface area contributed by atoms with E-state index in [0.29, 0.717) is 67.8 Å². The van der Waals surface area contributed by atoms with Gasteiger partial charge in [-0.2, -0.15) is 0 Å². The summed E-state index contributed by atoms with van der Waals surface area (Å²) in [7, 11) is -4.75. The highest BCUT2D eigenvalue weighted by molar-refractivity contribution is 7.46. The molecule has 2 amide bonds. The van der Waals surface area contributed by atoms with Crippen molar-refractivity contribution in [1.82, 2.24) is 14.8 Å². The molecule has 2 aromatic rings. The number of esters is 1. The van der Waals surface area contributed by atoms with E-state index in [2.05, 4.69) is 45.2 Å². The summed E-state index contributed by atoms with van der Waals surface area (Å²) in [5.41, 5.74) is 2.12. The highest BCUT2D eigenvalue weighted by Crippen LogP contribution is 2.44. The van der Waals surface area contributed by atoms with Crippen molar-refractivity contribution in [2.24, 2.45) is 16.7 Å². The number of ether oxygens (including phenoxy) is 1. The molecular formula is C36H54N3O9P. The summed E-state index contributed by atoms with van der Waals surface area (Å²) in [6.07, 6.45) is 6.27. The van der Waals surface area contributed by atoms with Gasteiger partial charge in [-0.25, -0.2) is 14.1 Å². The Kier molecular flexibility index (Phi) is 10.2. The van der Waals surface area contributed by atoms with E-state index in [1.54, 1.807) is 17.9 Å². The van der Waals surface area contributed by atoms with Gasteiger partial charge in [-0.1, -0.05) is 34.6 Å². The molecule has 5 rings (SSSR count). The van der Waals surface area contributed by atoms with Crippen molar-refractivity contribution in [1.29, 1.82) is 0 Å². The third-order valence-electron chi connectivity index (χ3n) is 11.1. The molecule has 0 atom stereocenters. The molecule has 3 fully saturated rings. The summed E-state index contributed by atoms with van der Waals surface area (Å²) in [6.45, 7) is 17.1. The van der Waals surface area contributed by atoms with Crippen molar-refractivity contribution in [3.63, 3.8) is 0 Å². The number of pyridine rings is 1. The zero-order valence-electron chi connectivity index (χ0n) is 30.3. The van der Waals surface area contributed by atoms with Gasteiger partial charge in [0.25, 0.3) is 5.91 Å². The van der Waals surface area contributed by atoms with Crippen molar-refractivity contribution in [3.05, 3.63) is 29.2 Å². The first-order valence-electron chi connectivity index (χ1n) is 17.5. The van der Waals surface area contributed by atoms with Gasteiger partial charge >= 0.3 is 13.8 Å². The Morgan fingerprint density at radius 3 is 2.18 bits per heavy atom. The second-order valence-electron chi connectivity index (χ2n) is 17.1. The maximum absolute atomic E-state index is 14.1. The van der Waals surface area contributed by atoms with Crippen molar-refractivity contribution < 1.29 is 42.4 Å². The fourth-order valence-corrected chi connectivity index (χ4v) is 7.94. The average Bonchev–Trinajstić information content (AvgIpc) is 3.43. The molecule has 3 heterocycles. The lowest BCUT2D eigenvalue weighted by Gasteiger charge is -2.48. The van der Waals surface area contributed by atoms with Gasteiger partial charge in [0.15, 0.2) is 11.3 Å². The monoisotopic (exact) mass is 703 g/mol. The number of hydrogen-bond donors (Lipinski definition) is 2. The standard InChI is InChI=1S/C36H54N3O9P/c1-33(2,3)25-19-26(23-9-13-34(4,5)14-10-23)37-27-20-28(48-29(25)27)31(41)39-18-17-38(21-35(39,6)7)30(40)24-11-15-36(8,16-12-24)32(42)46-22-47-49(43,44)45/h19-20,23-24H,9-18,21-22H2,1-8H3,(H2,43,44,45). The van der Waals surface area contributed by atoms with Crippen LogP contribution in [-0.4, -0.2) is 74.3 Å². The van der Waals surface area contributed by atoms with E-state index in [-0.39, 0.29) is 28.9 Å². The van der Waals surface area contributed by atoms with E-state index in [1.807, 2.05) is 18.7 Å². The van der Waals surface area contributed by atoms with E-state index in [0.717, 1.165) is 36.9 Å². The van der Waals surface area contributed by atoms with Gasteiger partial charge in [-0.05, 0) is 89.0 Å². The predicted molar refractivity (Wildman–Crippen MR) is 184 cm³/mol. The molecule has 0 aromatic carbocycles. The fraction of sp³-hybridized carbons (Fsp3) is 0.722. The van der Waals surface area contributed by atoms with Crippen LogP contribution in [0.5, 0.6) is 0 Å². The lowest BCUT2D eigenvalue weighted by molar-refractivity contribution is -0.166. The van der Waals surface area contributed by atoms with Crippen LogP contribution < -0.4 is 0 Å². The fourth-order valence-electron chi connectivity index (χ4n) is 7.75. The molecule has 49 heavy (non-hydrogen) atoms. The molecule has 2 N–H and O–H groups in total. The molecule has 1 saturated heterocycles. The van der Waals surface area contributed by atoms with E-state index >= 15 is 0 Å². The number of aromatic nitrogens is 1. The van der Waals surface area contributed by atoms with Crippen LogP contribution >= 0.6 is 7.82 Å². The van der Waals surface area contributed by atoms with Crippen molar-refractivity contribution in [2.75, 3.05) is 26.4 Å². The van der Waals surface area contributed by atoms with E-state index in [1.165, 1.54) is 0 Å². The molecule has 0 unspecified atom stereocenters. The van der Waals surface area contributed by atoms with E-state index < -0.39 is 31.5 Å². The topological polar surface area (TPSA) is 160 Å². The average molecular weight is 704 g/mol. The number of hydrogen-bond acceptors (Lipinski definition) is 8. The summed E-state index contributed by atoms with van der Waals surface area (Å²) < 4.78 is 26.4. The van der Waals surface area contributed by atoms with Gasteiger partial charge in [-0.3, -0.25) is 14.4 Å². The third kappa shape index (κ3) is 8.41.